The maximum atomic E-state index is 12.7. The lowest BCUT2D eigenvalue weighted by atomic mass is 9.80. The molecule has 2 aromatic rings. The molecule has 2 heteroatoms. The van der Waals surface area contributed by atoms with Crippen molar-refractivity contribution in [2.45, 2.75) is 20.3 Å². The van der Waals surface area contributed by atoms with Crippen LogP contribution >= 0.6 is 0 Å². The Balaban J connectivity index is 2.37. The number of ketones is 2. The van der Waals surface area contributed by atoms with Crippen molar-refractivity contribution >= 4 is 11.6 Å². The predicted octanol–water partition coefficient (Wildman–Crippen LogP) is 3.33. The molecule has 0 saturated carbocycles. The van der Waals surface area contributed by atoms with Gasteiger partial charge in [0.1, 0.15) is 0 Å². The molecule has 2 nitrogen and oxygen atoms in total. The van der Waals surface area contributed by atoms with Crippen molar-refractivity contribution in [1.82, 2.24) is 0 Å². The Kier molecular flexibility index (Phi) is 2.59. The number of rotatable bonds is 1. The van der Waals surface area contributed by atoms with Gasteiger partial charge >= 0.3 is 0 Å². The highest BCUT2D eigenvalue weighted by atomic mass is 16.1. The Hall–Kier alpha value is -2.22. The zero-order chi connectivity index (χ0) is 13.6. The summed E-state index contributed by atoms with van der Waals surface area (Å²) in [5, 5.41) is 0. The van der Waals surface area contributed by atoms with Crippen molar-refractivity contribution in [3.63, 3.8) is 0 Å². The number of hydrogen-bond donors (Lipinski definition) is 0. The summed E-state index contributed by atoms with van der Waals surface area (Å²) >= 11 is 0. The van der Waals surface area contributed by atoms with Crippen LogP contribution < -0.4 is 0 Å². The molecule has 0 aliphatic heterocycles. The second kappa shape index (κ2) is 4.16. The van der Waals surface area contributed by atoms with Gasteiger partial charge in [0, 0.05) is 22.3 Å². The van der Waals surface area contributed by atoms with E-state index in [1.165, 1.54) is 0 Å². The topological polar surface area (TPSA) is 34.1 Å². The average molecular weight is 250 g/mol. The summed E-state index contributed by atoms with van der Waals surface area (Å²) in [4.78, 5) is 25.2. The van der Waals surface area contributed by atoms with Crippen LogP contribution in [0.4, 0.5) is 0 Å². The number of fused-ring (bicyclic) bond motifs is 2. The SMILES string of the molecule is CCc1cccc2c1C(=O)c1c(C)cccc1C2=O. The molecule has 94 valence electrons. The molecule has 0 bridgehead atoms. The van der Waals surface area contributed by atoms with Gasteiger partial charge in [-0.05, 0) is 24.5 Å². The van der Waals surface area contributed by atoms with Gasteiger partial charge in [-0.1, -0.05) is 43.3 Å². The van der Waals surface area contributed by atoms with E-state index in [0.29, 0.717) is 22.3 Å². The molecule has 0 N–H and O–H groups in total. The average Bonchev–Trinajstić information content (AvgIpc) is 2.43. The molecule has 0 fully saturated rings. The van der Waals surface area contributed by atoms with Crippen LogP contribution in [0.15, 0.2) is 36.4 Å². The first kappa shape index (κ1) is 11.8. The second-order valence-corrected chi connectivity index (χ2v) is 4.85. The zero-order valence-corrected chi connectivity index (χ0v) is 11.0. The third kappa shape index (κ3) is 1.56. The first-order valence-electron chi connectivity index (χ1n) is 6.46. The first-order chi connectivity index (χ1) is 9.15. The molecule has 0 spiro atoms. The van der Waals surface area contributed by atoms with E-state index < -0.39 is 0 Å². The minimum Gasteiger partial charge on any atom is -0.289 e. The molecule has 1 aliphatic rings. The molecule has 0 saturated heterocycles. The van der Waals surface area contributed by atoms with Gasteiger partial charge < -0.3 is 0 Å². The summed E-state index contributed by atoms with van der Waals surface area (Å²) in [6.07, 6.45) is 0.753. The highest BCUT2D eigenvalue weighted by Crippen LogP contribution is 2.31. The standard InChI is InChI=1S/C17H14O2/c1-3-11-7-5-9-13-15(11)17(19)14-10(2)6-4-8-12(14)16(13)18/h4-9H,3H2,1-2H3. The number of aryl methyl sites for hydroxylation is 2. The monoisotopic (exact) mass is 250 g/mol. The largest absolute Gasteiger partial charge is 0.289 e. The van der Waals surface area contributed by atoms with Crippen LogP contribution in [0.1, 0.15) is 49.9 Å². The maximum Gasteiger partial charge on any atom is 0.195 e. The molecule has 0 aromatic heterocycles. The molecule has 2 aromatic carbocycles. The first-order valence-corrected chi connectivity index (χ1v) is 6.46. The predicted molar refractivity (Wildman–Crippen MR) is 73.9 cm³/mol. The summed E-state index contributed by atoms with van der Waals surface area (Å²) in [5.74, 6) is -0.0521. The van der Waals surface area contributed by atoms with Gasteiger partial charge in [0.05, 0.1) is 0 Å². The van der Waals surface area contributed by atoms with E-state index in [0.717, 1.165) is 17.5 Å². The van der Waals surface area contributed by atoms with Gasteiger partial charge in [0.25, 0.3) is 0 Å². The van der Waals surface area contributed by atoms with Crippen LogP contribution in [0.5, 0.6) is 0 Å². The van der Waals surface area contributed by atoms with Gasteiger partial charge in [0.2, 0.25) is 0 Å². The summed E-state index contributed by atoms with van der Waals surface area (Å²) < 4.78 is 0. The Morgan fingerprint density at radius 1 is 0.842 bits per heavy atom. The quantitative estimate of drug-likeness (QED) is 0.664. The summed E-state index contributed by atoms with van der Waals surface area (Å²) in [7, 11) is 0. The van der Waals surface area contributed by atoms with Crippen LogP contribution in [0, 0.1) is 6.92 Å². The van der Waals surface area contributed by atoms with E-state index in [1.807, 2.05) is 38.1 Å². The Bertz CT molecular complexity index is 711. The molecular weight excluding hydrogens is 236 g/mol. The molecule has 3 rings (SSSR count). The van der Waals surface area contributed by atoms with Gasteiger partial charge in [-0.2, -0.15) is 0 Å². The van der Waals surface area contributed by atoms with Crippen LogP contribution in [-0.2, 0) is 6.42 Å². The summed E-state index contributed by atoms with van der Waals surface area (Å²) in [6.45, 7) is 3.88. The van der Waals surface area contributed by atoms with Crippen LogP contribution in [-0.4, -0.2) is 11.6 Å². The van der Waals surface area contributed by atoms with E-state index in [2.05, 4.69) is 0 Å². The highest BCUT2D eigenvalue weighted by molar-refractivity contribution is 6.29. The van der Waals surface area contributed by atoms with Crippen molar-refractivity contribution < 1.29 is 9.59 Å². The molecule has 0 heterocycles. The Morgan fingerprint density at radius 2 is 1.47 bits per heavy atom. The maximum absolute atomic E-state index is 12.7. The highest BCUT2D eigenvalue weighted by Gasteiger charge is 2.31. The van der Waals surface area contributed by atoms with Crippen molar-refractivity contribution in [3.05, 3.63) is 69.8 Å². The third-order valence-electron chi connectivity index (χ3n) is 3.75. The normalized spacial score (nSPS) is 13.2. The van der Waals surface area contributed by atoms with Crippen LogP contribution in [0.3, 0.4) is 0 Å². The minimum atomic E-state index is -0.0383. The minimum absolute atomic E-state index is 0.0137. The van der Waals surface area contributed by atoms with Gasteiger partial charge in [-0.15, -0.1) is 0 Å². The molecule has 19 heavy (non-hydrogen) atoms. The Labute approximate surface area is 112 Å². The van der Waals surface area contributed by atoms with Crippen molar-refractivity contribution in [3.8, 4) is 0 Å². The van der Waals surface area contributed by atoms with Gasteiger partial charge in [0.15, 0.2) is 11.6 Å². The number of carbonyl (C=O) groups excluding carboxylic acids is 2. The van der Waals surface area contributed by atoms with E-state index in [-0.39, 0.29) is 11.6 Å². The number of benzene rings is 2. The van der Waals surface area contributed by atoms with Crippen molar-refractivity contribution in [2.24, 2.45) is 0 Å². The molecule has 0 radical (unpaired) electrons. The third-order valence-corrected chi connectivity index (χ3v) is 3.75. The summed E-state index contributed by atoms with van der Waals surface area (Å²) in [6, 6.07) is 11.0. The van der Waals surface area contributed by atoms with Crippen LogP contribution in [0.25, 0.3) is 0 Å². The van der Waals surface area contributed by atoms with E-state index in [9.17, 15) is 9.59 Å². The lowest BCUT2D eigenvalue weighted by Gasteiger charge is -2.21. The molecule has 0 atom stereocenters. The Morgan fingerprint density at radius 3 is 2.16 bits per heavy atom. The summed E-state index contributed by atoms with van der Waals surface area (Å²) in [5.41, 5.74) is 4.06. The molecule has 1 aliphatic carbocycles. The lowest BCUT2D eigenvalue weighted by Crippen LogP contribution is -2.23. The van der Waals surface area contributed by atoms with Crippen molar-refractivity contribution in [2.75, 3.05) is 0 Å². The zero-order valence-electron chi connectivity index (χ0n) is 11.0. The number of hydrogen-bond acceptors (Lipinski definition) is 2. The molecular formula is C17H14O2. The lowest BCUT2D eigenvalue weighted by molar-refractivity contribution is 0.0978. The molecule has 0 amide bonds. The second-order valence-electron chi connectivity index (χ2n) is 4.85. The van der Waals surface area contributed by atoms with E-state index in [4.69, 9.17) is 0 Å². The van der Waals surface area contributed by atoms with Crippen molar-refractivity contribution in [1.29, 1.82) is 0 Å². The van der Waals surface area contributed by atoms with Gasteiger partial charge in [-0.3, -0.25) is 9.59 Å². The van der Waals surface area contributed by atoms with Crippen LogP contribution in [0.2, 0.25) is 0 Å². The fourth-order valence-electron chi connectivity index (χ4n) is 2.78. The fraction of sp³-hybridized carbons (Fsp3) is 0.176. The fourth-order valence-corrected chi connectivity index (χ4v) is 2.78. The molecule has 0 unspecified atom stereocenters. The number of carbonyl (C=O) groups is 2. The van der Waals surface area contributed by atoms with E-state index in [1.54, 1.807) is 12.1 Å². The van der Waals surface area contributed by atoms with Gasteiger partial charge in [-0.25, -0.2) is 0 Å². The smallest absolute Gasteiger partial charge is 0.195 e. The van der Waals surface area contributed by atoms with E-state index >= 15 is 0 Å².